The number of nitrogens with zero attached hydrogens (tertiary/aromatic N) is 2. The third-order valence-corrected chi connectivity index (χ3v) is 7.66. The highest BCUT2D eigenvalue weighted by atomic mass is 16.6. The molecule has 2 fully saturated rings. The van der Waals surface area contributed by atoms with E-state index >= 15 is 0 Å². The summed E-state index contributed by atoms with van der Waals surface area (Å²) in [4.78, 5) is 55.1. The first-order valence-electron chi connectivity index (χ1n) is 14.2. The molecular weight excluding hydrogens is 532 g/mol. The molecule has 2 heterocycles. The number of rotatable bonds is 10. The Morgan fingerprint density at radius 2 is 1.12 bits per heavy atom. The maximum Gasteiger partial charge on any atom is 0.417 e. The first-order chi connectivity index (χ1) is 20.4. The number of hydrogen-bond acceptors (Lipinski definition) is 6. The normalized spacial score (nSPS) is 19.9. The molecule has 2 aliphatic rings. The molecule has 3 aromatic rings. The molecule has 216 valence electrons. The lowest BCUT2D eigenvalue weighted by atomic mass is 9.94. The fraction of sp³-hybridized carbons (Fsp3) is 0.294. The molecule has 0 saturated carbocycles. The number of carbonyl (C=O) groups excluding carboxylic acids is 4. The minimum Gasteiger partial charge on any atom is -0.447 e. The molecule has 0 N–H and O–H groups in total. The second-order valence-corrected chi connectivity index (χ2v) is 10.7. The van der Waals surface area contributed by atoms with Crippen molar-refractivity contribution < 1.29 is 28.7 Å². The molecule has 0 bridgehead atoms. The molecule has 3 aromatic carbocycles. The minimum atomic E-state index is -0.725. The van der Waals surface area contributed by atoms with Crippen LogP contribution in [0.3, 0.4) is 0 Å². The molecule has 0 radical (unpaired) electrons. The van der Waals surface area contributed by atoms with E-state index in [-0.39, 0.29) is 19.1 Å². The van der Waals surface area contributed by atoms with Gasteiger partial charge in [-0.2, -0.15) is 0 Å². The number of hydrogen-bond donors (Lipinski definition) is 0. The fourth-order valence-corrected chi connectivity index (χ4v) is 5.42. The van der Waals surface area contributed by atoms with Crippen molar-refractivity contribution in [3.8, 4) is 0 Å². The van der Waals surface area contributed by atoms with E-state index in [1.165, 1.54) is 9.80 Å². The Hall–Kier alpha value is -4.72. The van der Waals surface area contributed by atoms with Crippen molar-refractivity contribution in [3.63, 3.8) is 0 Å². The predicted octanol–water partition coefficient (Wildman–Crippen LogP) is 5.22. The third kappa shape index (κ3) is 6.77. The zero-order valence-electron chi connectivity index (χ0n) is 23.5. The topological polar surface area (TPSA) is 93.2 Å². The van der Waals surface area contributed by atoms with E-state index in [2.05, 4.69) is 0 Å². The summed E-state index contributed by atoms with van der Waals surface area (Å²) in [6.07, 6.45) is 3.30. The first kappa shape index (κ1) is 28.8. The molecule has 4 atom stereocenters. The SMILES string of the molecule is C[C@@H](/C=C/C(Cc1ccccc1)C(=O)N1C(=O)OCC1Cc1ccccc1)C(=O)N1C(=O)OC[C@@H]1Cc1ccccc1. The quantitative estimate of drug-likeness (QED) is 0.313. The average molecular weight is 567 g/mol. The molecule has 5 rings (SSSR count). The standard InChI is InChI=1S/C34H34N2O6/c1-24(31(37)35-29(22-41-33(35)39)20-26-13-7-3-8-14-26)17-18-28(19-25-11-5-2-6-12-25)32(38)36-30(23-42-34(36)40)21-27-15-9-4-10-16-27/h2-18,24,28-30H,19-23H2,1H3/b18-17+/t24-,28?,29-,30?/m0/s1. The molecule has 0 aromatic heterocycles. The zero-order chi connectivity index (χ0) is 29.5. The average Bonchev–Trinajstić information content (AvgIpc) is 3.56. The Labute approximate surface area is 245 Å². The smallest absolute Gasteiger partial charge is 0.417 e. The second-order valence-electron chi connectivity index (χ2n) is 10.7. The second kappa shape index (κ2) is 13.3. The van der Waals surface area contributed by atoms with Crippen LogP contribution in [0.25, 0.3) is 0 Å². The van der Waals surface area contributed by atoms with E-state index in [4.69, 9.17) is 9.47 Å². The maximum absolute atomic E-state index is 13.9. The van der Waals surface area contributed by atoms with E-state index in [0.717, 1.165) is 16.7 Å². The van der Waals surface area contributed by atoms with Gasteiger partial charge in [-0.15, -0.1) is 0 Å². The van der Waals surface area contributed by atoms with Crippen molar-refractivity contribution in [1.29, 1.82) is 0 Å². The third-order valence-electron chi connectivity index (χ3n) is 7.66. The molecule has 2 aliphatic heterocycles. The van der Waals surface area contributed by atoms with Crippen molar-refractivity contribution in [1.82, 2.24) is 9.80 Å². The monoisotopic (exact) mass is 566 g/mol. The summed E-state index contributed by atoms with van der Waals surface area (Å²) in [7, 11) is 0. The van der Waals surface area contributed by atoms with Gasteiger partial charge in [0.2, 0.25) is 11.8 Å². The highest BCUT2D eigenvalue weighted by molar-refractivity contribution is 5.97. The Kier molecular flexibility index (Phi) is 9.12. The van der Waals surface area contributed by atoms with E-state index < -0.39 is 42.0 Å². The maximum atomic E-state index is 13.9. The summed E-state index contributed by atoms with van der Waals surface area (Å²) in [5.74, 6) is -2.22. The van der Waals surface area contributed by atoms with Gasteiger partial charge in [0, 0.05) is 0 Å². The van der Waals surface area contributed by atoms with Crippen LogP contribution in [0.5, 0.6) is 0 Å². The van der Waals surface area contributed by atoms with Gasteiger partial charge >= 0.3 is 12.2 Å². The van der Waals surface area contributed by atoms with Crippen LogP contribution in [0.1, 0.15) is 23.6 Å². The summed E-state index contributed by atoms with van der Waals surface area (Å²) in [6, 6.07) is 27.9. The van der Waals surface area contributed by atoms with Crippen LogP contribution in [0, 0.1) is 11.8 Å². The number of carbonyl (C=O) groups is 4. The van der Waals surface area contributed by atoms with Crippen LogP contribution in [-0.4, -0.2) is 59.1 Å². The van der Waals surface area contributed by atoms with Crippen LogP contribution in [0.2, 0.25) is 0 Å². The predicted molar refractivity (Wildman–Crippen MR) is 156 cm³/mol. The van der Waals surface area contributed by atoms with Gasteiger partial charge in [-0.1, -0.05) is 110 Å². The summed E-state index contributed by atoms with van der Waals surface area (Å²) in [6.45, 7) is 1.94. The number of ether oxygens (including phenoxy) is 2. The van der Waals surface area contributed by atoms with Crippen molar-refractivity contribution in [3.05, 3.63) is 120 Å². The van der Waals surface area contributed by atoms with Crippen LogP contribution < -0.4 is 0 Å². The number of imide groups is 2. The van der Waals surface area contributed by atoms with Gasteiger partial charge in [0.25, 0.3) is 0 Å². The molecule has 8 nitrogen and oxygen atoms in total. The summed E-state index contributed by atoms with van der Waals surface area (Å²) in [5.41, 5.74) is 2.91. The van der Waals surface area contributed by atoms with Crippen molar-refractivity contribution >= 4 is 24.0 Å². The van der Waals surface area contributed by atoms with Crippen molar-refractivity contribution in [2.45, 2.75) is 38.3 Å². The highest BCUT2D eigenvalue weighted by Gasteiger charge is 2.41. The number of benzene rings is 3. The van der Waals surface area contributed by atoms with Crippen molar-refractivity contribution in [2.75, 3.05) is 13.2 Å². The van der Waals surface area contributed by atoms with Gasteiger partial charge in [-0.3, -0.25) is 9.59 Å². The highest BCUT2D eigenvalue weighted by Crippen LogP contribution is 2.25. The van der Waals surface area contributed by atoms with E-state index in [1.54, 1.807) is 19.1 Å². The molecular formula is C34H34N2O6. The van der Waals surface area contributed by atoms with Gasteiger partial charge in [0.05, 0.1) is 23.9 Å². The Balaban J connectivity index is 1.34. The largest absolute Gasteiger partial charge is 0.447 e. The van der Waals surface area contributed by atoms with Crippen LogP contribution in [0.15, 0.2) is 103 Å². The molecule has 0 spiro atoms. The molecule has 2 unspecified atom stereocenters. The van der Waals surface area contributed by atoms with E-state index in [1.807, 2.05) is 91.0 Å². The minimum absolute atomic E-state index is 0.121. The van der Waals surface area contributed by atoms with Gasteiger partial charge in [0.1, 0.15) is 13.2 Å². The fourth-order valence-electron chi connectivity index (χ4n) is 5.42. The summed E-state index contributed by atoms with van der Waals surface area (Å²) >= 11 is 0. The van der Waals surface area contributed by atoms with Gasteiger partial charge in [-0.05, 0) is 36.0 Å². The first-order valence-corrected chi connectivity index (χ1v) is 14.2. The van der Waals surface area contributed by atoms with Gasteiger partial charge in [0.15, 0.2) is 0 Å². The van der Waals surface area contributed by atoms with E-state index in [9.17, 15) is 19.2 Å². The van der Waals surface area contributed by atoms with Crippen LogP contribution in [-0.2, 0) is 38.3 Å². The lowest BCUT2D eigenvalue weighted by Gasteiger charge is -2.24. The van der Waals surface area contributed by atoms with Crippen LogP contribution >= 0.6 is 0 Å². The molecule has 8 heteroatoms. The zero-order valence-corrected chi connectivity index (χ0v) is 23.5. The van der Waals surface area contributed by atoms with Crippen LogP contribution in [0.4, 0.5) is 9.59 Å². The summed E-state index contributed by atoms with van der Waals surface area (Å²) in [5, 5.41) is 0. The number of cyclic esters (lactones) is 2. The lowest BCUT2D eigenvalue weighted by molar-refractivity contribution is -0.133. The van der Waals surface area contributed by atoms with Gasteiger partial charge in [-0.25, -0.2) is 19.4 Å². The lowest BCUT2D eigenvalue weighted by Crippen LogP contribution is -2.44. The molecule has 0 aliphatic carbocycles. The molecule has 2 saturated heterocycles. The molecule has 42 heavy (non-hydrogen) atoms. The Morgan fingerprint density at radius 1 is 0.690 bits per heavy atom. The van der Waals surface area contributed by atoms with E-state index in [0.29, 0.717) is 19.3 Å². The Morgan fingerprint density at radius 3 is 1.60 bits per heavy atom. The Bertz CT molecular complexity index is 1430. The molecule has 4 amide bonds. The van der Waals surface area contributed by atoms with Gasteiger partial charge < -0.3 is 9.47 Å². The van der Waals surface area contributed by atoms with Crippen molar-refractivity contribution in [2.24, 2.45) is 11.8 Å². The number of amides is 4. The summed E-state index contributed by atoms with van der Waals surface area (Å²) < 4.78 is 10.5.